The molecule has 0 aliphatic carbocycles. The van der Waals surface area contributed by atoms with E-state index in [2.05, 4.69) is 0 Å². The fraction of sp³-hybridized carbons (Fsp3) is 0.533. The van der Waals surface area contributed by atoms with Crippen LogP contribution in [0.4, 0.5) is 17.6 Å². The predicted octanol–water partition coefficient (Wildman–Crippen LogP) is 2.12. The number of hydrogen-bond donors (Lipinski definition) is 3. The molecule has 3 N–H and O–H groups in total. The minimum absolute atomic E-state index is 0.00353. The lowest BCUT2D eigenvalue weighted by Crippen LogP contribution is -2.55. The quantitative estimate of drug-likeness (QED) is 0.723. The first-order valence-corrected chi connectivity index (χ1v) is 6.98. The van der Waals surface area contributed by atoms with Crippen LogP contribution in [0.5, 0.6) is 5.75 Å². The monoisotopic (exact) mass is 352 g/mol. The van der Waals surface area contributed by atoms with Crippen LogP contribution in [-0.4, -0.2) is 39.4 Å². The van der Waals surface area contributed by atoms with Crippen LogP contribution in [0.2, 0.25) is 0 Å². The summed E-state index contributed by atoms with van der Waals surface area (Å²) in [5.41, 5.74) is -5.42. The third-order valence-electron chi connectivity index (χ3n) is 4.03. The van der Waals surface area contributed by atoms with Crippen molar-refractivity contribution in [2.75, 3.05) is 0 Å². The van der Waals surface area contributed by atoms with Gasteiger partial charge in [-0.3, -0.25) is 0 Å². The van der Waals surface area contributed by atoms with Gasteiger partial charge in [-0.05, 0) is 17.5 Å². The number of aliphatic hydroxyl groups is 2. The molecule has 0 amide bonds. The second-order valence-corrected chi connectivity index (χ2v) is 6.44. The first kappa shape index (κ1) is 18.5. The molecule has 0 saturated carbocycles. The zero-order chi connectivity index (χ0) is 18.5. The maximum atomic E-state index is 13.8. The molecule has 0 aromatic heterocycles. The van der Waals surface area contributed by atoms with E-state index >= 15 is 0 Å². The van der Waals surface area contributed by atoms with Gasteiger partial charge in [0.05, 0.1) is 0 Å². The Morgan fingerprint density at radius 3 is 2.42 bits per heavy atom. The second kappa shape index (κ2) is 5.59. The molecule has 0 radical (unpaired) electrons. The first-order valence-electron chi connectivity index (χ1n) is 6.98. The lowest BCUT2D eigenvalue weighted by atomic mass is 9.74. The number of aliphatic carboxylic acids is 1. The van der Waals surface area contributed by atoms with Crippen molar-refractivity contribution in [1.29, 1.82) is 0 Å². The molecule has 2 rings (SSSR count). The van der Waals surface area contributed by atoms with Gasteiger partial charge in [0.25, 0.3) is 5.60 Å². The van der Waals surface area contributed by atoms with Gasteiger partial charge in [-0.15, -0.1) is 0 Å². The summed E-state index contributed by atoms with van der Waals surface area (Å²) in [6.45, 7) is 2.46. The number of carboxylic acid groups (broad SMARTS) is 1. The lowest BCUT2D eigenvalue weighted by molar-refractivity contribution is -0.265. The number of benzene rings is 1. The summed E-state index contributed by atoms with van der Waals surface area (Å²) in [6, 6.07) is 1.99. The molecule has 1 heterocycles. The molecule has 9 heteroatoms. The van der Waals surface area contributed by atoms with Crippen LogP contribution in [0, 0.1) is 5.82 Å². The van der Waals surface area contributed by atoms with Crippen LogP contribution in [0.1, 0.15) is 31.4 Å². The van der Waals surface area contributed by atoms with Gasteiger partial charge in [-0.1, -0.05) is 13.8 Å². The highest BCUT2D eigenvalue weighted by Crippen LogP contribution is 2.46. The molecule has 0 bridgehead atoms. The van der Waals surface area contributed by atoms with E-state index in [1.165, 1.54) is 13.8 Å². The van der Waals surface area contributed by atoms with Crippen LogP contribution >= 0.6 is 0 Å². The van der Waals surface area contributed by atoms with Crippen LogP contribution in [0.15, 0.2) is 12.1 Å². The summed E-state index contributed by atoms with van der Waals surface area (Å²) in [5.74, 6) is -3.21. The summed E-state index contributed by atoms with van der Waals surface area (Å²) >= 11 is 0. The summed E-state index contributed by atoms with van der Waals surface area (Å²) in [7, 11) is 0. The molecule has 0 saturated heterocycles. The molecule has 24 heavy (non-hydrogen) atoms. The largest absolute Gasteiger partial charge is 0.479 e. The number of carboxylic acids is 1. The molecular formula is C15H16F4O5. The van der Waals surface area contributed by atoms with E-state index in [0.717, 1.165) is 12.1 Å². The molecule has 0 spiro atoms. The lowest BCUT2D eigenvalue weighted by Gasteiger charge is -2.35. The van der Waals surface area contributed by atoms with Crippen LogP contribution < -0.4 is 4.74 Å². The fourth-order valence-corrected chi connectivity index (χ4v) is 2.84. The van der Waals surface area contributed by atoms with Crippen molar-refractivity contribution < 1.29 is 42.4 Å². The predicted molar refractivity (Wildman–Crippen MR) is 73.0 cm³/mol. The highest BCUT2D eigenvalue weighted by atomic mass is 19.4. The number of ether oxygens (including phenoxy) is 1. The summed E-state index contributed by atoms with van der Waals surface area (Å²) in [4.78, 5) is 11.0. The number of carbonyl (C=O) groups is 1. The number of hydrogen-bond acceptors (Lipinski definition) is 4. The highest BCUT2D eigenvalue weighted by Gasteiger charge is 2.62. The SMILES string of the molecule is CC(C)(CC(O)(C(=O)O)C(F)(F)F)c1cc(F)cc2c1OC(O)C2. The van der Waals surface area contributed by atoms with E-state index in [4.69, 9.17) is 9.84 Å². The Morgan fingerprint density at radius 1 is 1.33 bits per heavy atom. The Kier molecular flexibility index (Phi) is 4.30. The molecule has 1 aromatic rings. The number of rotatable bonds is 4. The molecule has 1 aromatic carbocycles. The van der Waals surface area contributed by atoms with E-state index in [1.807, 2.05) is 0 Å². The van der Waals surface area contributed by atoms with E-state index in [9.17, 15) is 32.6 Å². The van der Waals surface area contributed by atoms with Gasteiger partial charge in [0.1, 0.15) is 11.6 Å². The van der Waals surface area contributed by atoms with Gasteiger partial charge in [0.15, 0.2) is 0 Å². The zero-order valence-electron chi connectivity index (χ0n) is 12.8. The number of halogens is 4. The van der Waals surface area contributed by atoms with Crippen LogP contribution in [-0.2, 0) is 16.6 Å². The van der Waals surface area contributed by atoms with Crippen molar-refractivity contribution in [3.05, 3.63) is 29.1 Å². The van der Waals surface area contributed by atoms with E-state index < -0.39 is 41.7 Å². The van der Waals surface area contributed by atoms with Crippen molar-refractivity contribution >= 4 is 5.97 Å². The number of aliphatic hydroxyl groups excluding tert-OH is 1. The average molecular weight is 352 g/mol. The van der Waals surface area contributed by atoms with Crippen molar-refractivity contribution in [3.63, 3.8) is 0 Å². The van der Waals surface area contributed by atoms with Gasteiger partial charge >= 0.3 is 12.1 Å². The third-order valence-corrected chi connectivity index (χ3v) is 4.03. The van der Waals surface area contributed by atoms with Crippen molar-refractivity contribution in [3.8, 4) is 5.75 Å². The summed E-state index contributed by atoms with van der Waals surface area (Å²) < 4.78 is 58.0. The van der Waals surface area contributed by atoms with Crippen LogP contribution in [0.25, 0.3) is 0 Å². The Balaban J connectivity index is 2.51. The van der Waals surface area contributed by atoms with Crippen molar-refractivity contribution in [2.45, 2.75) is 50.2 Å². The van der Waals surface area contributed by atoms with E-state index in [-0.39, 0.29) is 23.3 Å². The Morgan fingerprint density at radius 2 is 1.92 bits per heavy atom. The van der Waals surface area contributed by atoms with Crippen molar-refractivity contribution in [2.24, 2.45) is 0 Å². The smallest absolute Gasteiger partial charge is 0.428 e. The second-order valence-electron chi connectivity index (χ2n) is 6.44. The van der Waals surface area contributed by atoms with E-state index in [1.54, 1.807) is 0 Å². The maximum absolute atomic E-state index is 13.8. The van der Waals surface area contributed by atoms with Gasteiger partial charge in [-0.2, -0.15) is 13.2 Å². The molecule has 1 aliphatic heterocycles. The fourth-order valence-electron chi connectivity index (χ4n) is 2.84. The molecule has 2 unspecified atom stereocenters. The minimum atomic E-state index is -5.42. The van der Waals surface area contributed by atoms with Gasteiger partial charge in [-0.25, -0.2) is 9.18 Å². The standard InChI is InChI=1S/C15H16F4O5/c1-13(2,6-14(23,12(21)22)15(17,18)19)9-5-8(16)3-7-4-10(20)24-11(7)9/h3,5,10,20,23H,4,6H2,1-2H3,(H,21,22). The van der Waals surface area contributed by atoms with Crippen molar-refractivity contribution in [1.82, 2.24) is 0 Å². The van der Waals surface area contributed by atoms with Crippen LogP contribution in [0.3, 0.4) is 0 Å². The third kappa shape index (κ3) is 3.05. The topological polar surface area (TPSA) is 87.0 Å². The zero-order valence-corrected chi connectivity index (χ0v) is 12.8. The van der Waals surface area contributed by atoms with Gasteiger partial charge in [0, 0.05) is 24.0 Å². The summed E-state index contributed by atoms with van der Waals surface area (Å²) in [6.07, 6.45) is -7.99. The van der Waals surface area contributed by atoms with E-state index in [0.29, 0.717) is 0 Å². The first-order chi connectivity index (χ1) is 10.8. The van der Waals surface area contributed by atoms with Gasteiger partial charge in [0.2, 0.25) is 6.29 Å². The average Bonchev–Trinajstić information content (AvgIpc) is 2.75. The molecule has 134 valence electrons. The highest BCUT2D eigenvalue weighted by molar-refractivity contribution is 5.78. The number of alkyl halides is 3. The van der Waals surface area contributed by atoms with Gasteiger partial charge < -0.3 is 20.1 Å². The Labute approximate surface area is 134 Å². The Bertz CT molecular complexity index is 671. The Hall–Kier alpha value is -1.87. The molecule has 1 aliphatic rings. The summed E-state index contributed by atoms with van der Waals surface area (Å²) in [5, 5.41) is 28.0. The molecule has 2 atom stereocenters. The molecule has 0 fully saturated rings. The molecule has 5 nitrogen and oxygen atoms in total. The number of fused-ring (bicyclic) bond motifs is 1. The maximum Gasteiger partial charge on any atom is 0.428 e. The molecular weight excluding hydrogens is 336 g/mol. The minimum Gasteiger partial charge on any atom is -0.479 e. The normalized spacial score (nSPS) is 20.2.